The molecule has 0 fully saturated rings. The van der Waals surface area contributed by atoms with Crippen LogP contribution in [0, 0.1) is 0 Å². The van der Waals surface area contributed by atoms with Gasteiger partial charge >= 0.3 is 0 Å². The number of aromatic nitrogens is 2. The van der Waals surface area contributed by atoms with Crippen molar-refractivity contribution in [2.45, 2.75) is 0 Å². The molecule has 0 amide bonds. The maximum Gasteiger partial charge on any atom is 0.200 e. The second-order valence-corrected chi connectivity index (χ2v) is 12.1. The van der Waals surface area contributed by atoms with Crippen LogP contribution >= 0.6 is 0 Å². The SMILES string of the molecule is O=c1c2cc(-c3ccccc3)ccc2oc2ccc(-n3c4ccccc4c4ccc5c(c6ccccc6n5-c5ccccc5)c43)cc12. The maximum atomic E-state index is 14.2. The van der Waals surface area contributed by atoms with Crippen molar-refractivity contribution in [1.82, 2.24) is 9.13 Å². The zero-order valence-electron chi connectivity index (χ0n) is 25.2. The van der Waals surface area contributed by atoms with Crippen molar-refractivity contribution < 1.29 is 4.42 Å². The van der Waals surface area contributed by atoms with Crippen molar-refractivity contribution in [3.63, 3.8) is 0 Å². The molecule has 10 rings (SSSR count). The third kappa shape index (κ3) is 3.73. The second kappa shape index (κ2) is 9.80. The van der Waals surface area contributed by atoms with Gasteiger partial charge in [-0.25, -0.2) is 0 Å². The molecule has 0 bridgehead atoms. The summed E-state index contributed by atoms with van der Waals surface area (Å²) >= 11 is 0. The van der Waals surface area contributed by atoms with Gasteiger partial charge in [0.2, 0.25) is 5.43 Å². The summed E-state index contributed by atoms with van der Waals surface area (Å²) in [4.78, 5) is 14.2. The summed E-state index contributed by atoms with van der Waals surface area (Å²) in [6.45, 7) is 0. The zero-order chi connectivity index (χ0) is 31.1. The summed E-state index contributed by atoms with van der Waals surface area (Å²) in [7, 11) is 0. The predicted octanol–water partition coefficient (Wildman–Crippen LogP) is 10.8. The Balaban J connectivity index is 1.30. The van der Waals surface area contributed by atoms with Gasteiger partial charge in [0.05, 0.1) is 32.8 Å². The summed E-state index contributed by atoms with van der Waals surface area (Å²) in [5.41, 5.74) is 9.69. The lowest BCUT2D eigenvalue weighted by atomic mass is 10.0. The highest BCUT2D eigenvalue weighted by Crippen LogP contribution is 2.42. The first-order valence-electron chi connectivity index (χ1n) is 15.8. The summed E-state index contributed by atoms with van der Waals surface area (Å²) in [5.74, 6) is 0. The summed E-state index contributed by atoms with van der Waals surface area (Å²) in [5, 5.41) is 5.83. The van der Waals surface area contributed by atoms with Crippen LogP contribution in [-0.2, 0) is 0 Å². The van der Waals surface area contributed by atoms with Crippen LogP contribution < -0.4 is 5.43 Å². The first kappa shape index (κ1) is 25.9. The Morgan fingerprint density at radius 2 is 1.04 bits per heavy atom. The van der Waals surface area contributed by atoms with Crippen LogP contribution in [0.15, 0.2) is 167 Å². The molecule has 0 radical (unpaired) electrons. The molecule has 220 valence electrons. The molecular weight excluding hydrogens is 576 g/mol. The van der Waals surface area contributed by atoms with Crippen molar-refractivity contribution >= 4 is 65.6 Å². The first-order valence-corrected chi connectivity index (χ1v) is 15.8. The average Bonchev–Trinajstić information content (AvgIpc) is 3.65. The average molecular weight is 603 g/mol. The van der Waals surface area contributed by atoms with Crippen molar-refractivity contribution in [3.05, 3.63) is 168 Å². The molecule has 0 N–H and O–H groups in total. The Kier molecular flexibility index (Phi) is 5.40. The minimum Gasteiger partial charge on any atom is -0.456 e. The summed E-state index contributed by atoms with van der Waals surface area (Å²) < 4.78 is 11.0. The molecule has 10 aromatic rings. The first-order chi connectivity index (χ1) is 23.2. The molecule has 47 heavy (non-hydrogen) atoms. The van der Waals surface area contributed by atoms with E-state index in [2.05, 4.69) is 118 Å². The third-order valence-corrected chi connectivity index (χ3v) is 9.50. The highest BCUT2D eigenvalue weighted by molar-refractivity contribution is 6.26. The van der Waals surface area contributed by atoms with E-state index in [-0.39, 0.29) is 5.43 Å². The molecule has 0 aliphatic carbocycles. The lowest BCUT2D eigenvalue weighted by molar-refractivity contribution is 0.660. The molecule has 0 saturated carbocycles. The van der Waals surface area contributed by atoms with E-state index >= 15 is 0 Å². The minimum atomic E-state index is -0.0347. The van der Waals surface area contributed by atoms with Gasteiger partial charge in [-0.05, 0) is 71.8 Å². The fraction of sp³-hybridized carbons (Fsp3) is 0. The molecule has 0 atom stereocenters. The van der Waals surface area contributed by atoms with Gasteiger partial charge in [-0.3, -0.25) is 4.79 Å². The highest BCUT2D eigenvalue weighted by atomic mass is 16.3. The van der Waals surface area contributed by atoms with E-state index in [1.165, 1.54) is 21.5 Å². The van der Waals surface area contributed by atoms with Crippen molar-refractivity contribution in [1.29, 1.82) is 0 Å². The fourth-order valence-electron chi connectivity index (χ4n) is 7.43. The fourth-order valence-corrected chi connectivity index (χ4v) is 7.43. The quantitative estimate of drug-likeness (QED) is 0.189. The van der Waals surface area contributed by atoms with Crippen LogP contribution in [0.4, 0.5) is 0 Å². The zero-order valence-corrected chi connectivity index (χ0v) is 25.2. The Hall–Kier alpha value is -6.39. The normalized spacial score (nSPS) is 11.9. The van der Waals surface area contributed by atoms with Crippen LogP contribution in [0.2, 0.25) is 0 Å². The van der Waals surface area contributed by atoms with Crippen molar-refractivity contribution in [3.8, 4) is 22.5 Å². The maximum absolute atomic E-state index is 14.2. The predicted molar refractivity (Wildman–Crippen MR) is 194 cm³/mol. The van der Waals surface area contributed by atoms with E-state index in [4.69, 9.17) is 4.42 Å². The van der Waals surface area contributed by atoms with Crippen molar-refractivity contribution in [2.24, 2.45) is 0 Å². The summed E-state index contributed by atoms with van der Waals surface area (Å²) in [6, 6.07) is 54.1. The van der Waals surface area contributed by atoms with Crippen molar-refractivity contribution in [2.75, 3.05) is 0 Å². The van der Waals surface area contributed by atoms with Crippen LogP contribution in [0.1, 0.15) is 0 Å². The number of hydrogen-bond acceptors (Lipinski definition) is 2. The van der Waals surface area contributed by atoms with Crippen LogP contribution in [-0.4, -0.2) is 9.13 Å². The molecule has 0 saturated heterocycles. The number of hydrogen-bond donors (Lipinski definition) is 0. The van der Waals surface area contributed by atoms with E-state index in [1.54, 1.807) is 0 Å². The van der Waals surface area contributed by atoms with E-state index in [0.29, 0.717) is 21.9 Å². The van der Waals surface area contributed by atoms with Gasteiger partial charge in [0.1, 0.15) is 11.2 Å². The third-order valence-electron chi connectivity index (χ3n) is 9.50. The van der Waals surface area contributed by atoms with E-state index in [1.807, 2.05) is 48.5 Å². The van der Waals surface area contributed by atoms with Gasteiger partial charge in [0, 0.05) is 32.9 Å². The molecular formula is C43H26N2O2. The monoisotopic (exact) mass is 602 g/mol. The van der Waals surface area contributed by atoms with Gasteiger partial charge < -0.3 is 13.6 Å². The highest BCUT2D eigenvalue weighted by Gasteiger charge is 2.21. The molecule has 0 unspecified atom stereocenters. The Morgan fingerprint density at radius 3 is 1.83 bits per heavy atom. The number of para-hydroxylation sites is 3. The standard InChI is InChI=1S/C43H26N2O2/c46-43-34-25-28(27-11-3-1-4-12-27)19-23-39(34)47-40-24-20-30(26-35(40)43)45-36-17-9-7-15-31(36)32-21-22-38-41(42(32)45)33-16-8-10-18-37(33)44(38)29-13-5-2-6-14-29/h1-26H. The van der Waals surface area contributed by atoms with Gasteiger partial charge in [-0.1, -0.05) is 97.1 Å². The largest absolute Gasteiger partial charge is 0.456 e. The lowest BCUT2D eigenvalue weighted by Gasteiger charge is -2.11. The molecule has 0 aliphatic rings. The lowest BCUT2D eigenvalue weighted by Crippen LogP contribution is -2.04. The van der Waals surface area contributed by atoms with Crippen LogP contribution in [0.3, 0.4) is 0 Å². The topological polar surface area (TPSA) is 40.1 Å². The molecule has 0 aliphatic heterocycles. The van der Waals surface area contributed by atoms with Gasteiger partial charge in [0.15, 0.2) is 0 Å². The van der Waals surface area contributed by atoms with Crippen LogP contribution in [0.25, 0.3) is 88.1 Å². The Labute approximate surface area is 268 Å². The molecule has 3 aromatic heterocycles. The molecule has 7 aromatic carbocycles. The number of nitrogens with zero attached hydrogens (tertiary/aromatic N) is 2. The second-order valence-electron chi connectivity index (χ2n) is 12.1. The molecule has 4 nitrogen and oxygen atoms in total. The Bertz CT molecular complexity index is 2910. The van der Waals surface area contributed by atoms with E-state index < -0.39 is 0 Å². The Morgan fingerprint density at radius 1 is 0.404 bits per heavy atom. The van der Waals surface area contributed by atoms with Gasteiger partial charge in [-0.15, -0.1) is 0 Å². The molecule has 4 heteroatoms. The van der Waals surface area contributed by atoms with Gasteiger partial charge in [0.25, 0.3) is 0 Å². The minimum absolute atomic E-state index is 0.0347. The smallest absolute Gasteiger partial charge is 0.200 e. The number of fused-ring (bicyclic) bond motifs is 9. The number of rotatable bonds is 3. The molecule has 0 spiro atoms. The van der Waals surface area contributed by atoms with E-state index in [0.717, 1.165) is 44.6 Å². The molecule has 3 heterocycles. The summed E-state index contributed by atoms with van der Waals surface area (Å²) in [6.07, 6.45) is 0. The van der Waals surface area contributed by atoms with Gasteiger partial charge in [-0.2, -0.15) is 0 Å². The number of benzene rings is 7. The van der Waals surface area contributed by atoms with E-state index in [9.17, 15) is 4.79 Å². The van der Waals surface area contributed by atoms with Crippen LogP contribution in [0.5, 0.6) is 0 Å².